The average molecular weight is 569 g/mol. The van der Waals surface area contributed by atoms with E-state index in [0.29, 0.717) is 28.5 Å². The maximum absolute atomic E-state index is 13.9. The third-order valence-electron chi connectivity index (χ3n) is 6.52. The Kier molecular flexibility index (Phi) is 9.20. The molecule has 3 aromatic rings. The molecule has 1 aliphatic rings. The molecule has 1 atom stereocenters. The SMILES string of the molecule is CCCc1nc(-c2ccccc2)nc(C(=O)N2CCN(C(=O)c3ccc(Cl)cc3Cl)C(C)C2)c1C(=O)OCC. The Balaban J connectivity index is 1.67. The molecule has 1 unspecified atom stereocenters. The van der Waals surface area contributed by atoms with Crippen molar-refractivity contribution in [1.29, 1.82) is 0 Å². The summed E-state index contributed by atoms with van der Waals surface area (Å²) in [7, 11) is 0. The first-order valence-electron chi connectivity index (χ1n) is 12.9. The van der Waals surface area contributed by atoms with E-state index in [9.17, 15) is 14.4 Å². The lowest BCUT2D eigenvalue weighted by atomic mass is 10.0. The van der Waals surface area contributed by atoms with Crippen molar-refractivity contribution in [2.45, 2.75) is 39.7 Å². The molecule has 0 aliphatic carbocycles. The number of amides is 2. The Morgan fingerprint density at radius 3 is 2.38 bits per heavy atom. The number of piperazine rings is 1. The second kappa shape index (κ2) is 12.6. The van der Waals surface area contributed by atoms with Gasteiger partial charge in [0.05, 0.1) is 22.9 Å². The van der Waals surface area contributed by atoms with Crippen LogP contribution in [0.5, 0.6) is 0 Å². The molecule has 2 amide bonds. The summed E-state index contributed by atoms with van der Waals surface area (Å²) in [6, 6.07) is 13.8. The number of hydrogen-bond acceptors (Lipinski definition) is 6. The maximum Gasteiger partial charge on any atom is 0.342 e. The summed E-state index contributed by atoms with van der Waals surface area (Å²) in [5.74, 6) is -0.890. The van der Waals surface area contributed by atoms with Crippen LogP contribution in [0.15, 0.2) is 48.5 Å². The second-order valence-corrected chi connectivity index (χ2v) is 10.1. The highest BCUT2D eigenvalue weighted by atomic mass is 35.5. The predicted molar refractivity (Wildman–Crippen MR) is 150 cm³/mol. The molecule has 39 heavy (non-hydrogen) atoms. The number of benzene rings is 2. The number of nitrogens with zero attached hydrogens (tertiary/aromatic N) is 4. The molecule has 1 saturated heterocycles. The number of carbonyl (C=O) groups excluding carboxylic acids is 3. The highest BCUT2D eigenvalue weighted by Crippen LogP contribution is 2.26. The number of aryl methyl sites for hydroxylation is 1. The van der Waals surface area contributed by atoms with Crippen LogP contribution in [0.1, 0.15) is 64.1 Å². The van der Waals surface area contributed by atoms with Crippen LogP contribution in [-0.4, -0.2) is 69.8 Å². The molecule has 0 radical (unpaired) electrons. The highest BCUT2D eigenvalue weighted by molar-refractivity contribution is 6.36. The van der Waals surface area contributed by atoms with Gasteiger partial charge in [0.15, 0.2) is 5.82 Å². The van der Waals surface area contributed by atoms with Gasteiger partial charge >= 0.3 is 5.97 Å². The van der Waals surface area contributed by atoms with Gasteiger partial charge in [0.2, 0.25) is 0 Å². The van der Waals surface area contributed by atoms with E-state index in [1.807, 2.05) is 44.2 Å². The largest absolute Gasteiger partial charge is 0.462 e. The summed E-state index contributed by atoms with van der Waals surface area (Å²) >= 11 is 12.3. The zero-order valence-corrected chi connectivity index (χ0v) is 23.6. The molecular formula is C29H30Cl2N4O4. The third-order valence-corrected chi connectivity index (χ3v) is 7.07. The van der Waals surface area contributed by atoms with Crippen LogP contribution in [0.25, 0.3) is 11.4 Å². The molecule has 1 aliphatic heterocycles. The molecule has 4 rings (SSSR count). The lowest BCUT2D eigenvalue weighted by Gasteiger charge is -2.40. The summed E-state index contributed by atoms with van der Waals surface area (Å²) in [4.78, 5) is 52.8. The molecule has 1 aromatic heterocycles. The van der Waals surface area contributed by atoms with E-state index < -0.39 is 11.9 Å². The van der Waals surface area contributed by atoms with Crippen LogP contribution in [0, 0.1) is 0 Å². The molecule has 204 valence electrons. The van der Waals surface area contributed by atoms with Crippen molar-refractivity contribution < 1.29 is 19.1 Å². The molecule has 2 heterocycles. The van der Waals surface area contributed by atoms with E-state index in [-0.39, 0.29) is 54.5 Å². The summed E-state index contributed by atoms with van der Waals surface area (Å²) < 4.78 is 5.31. The van der Waals surface area contributed by atoms with Crippen molar-refractivity contribution in [3.05, 3.63) is 81.1 Å². The van der Waals surface area contributed by atoms with E-state index in [1.54, 1.807) is 28.9 Å². The van der Waals surface area contributed by atoms with Crippen LogP contribution < -0.4 is 0 Å². The van der Waals surface area contributed by atoms with Crippen molar-refractivity contribution in [2.75, 3.05) is 26.2 Å². The van der Waals surface area contributed by atoms with Gasteiger partial charge in [0.1, 0.15) is 11.3 Å². The van der Waals surface area contributed by atoms with E-state index in [4.69, 9.17) is 27.9 Å². The summed E-state index contributed by atoms with van der Waals surface area (Å²) in [5, 5.41) is 0.717. The topological polar surface area (TPSA) is 92.7 Å². The summed E-state index contributed by atoms with van der Waals surface area (Å²) in [5.41, 5.74) is 1.68. The monoisotopic (exact) mass is 568 g/mol. The Hall–Kier alpha value is -3.49. The van der Waals surface area contributed by atoms with Crippen molar-refractivity contribution in [1.82, 2.24) is 19.8 Å². The van der Waals surface area contributed by atoms with Crippen molar-refractivity contribution >= 4 is 41.0 Å². The average Bonchev–Trinajstić information content (AvgIpc) is 2.92. The molecule has 8 nitrogen and oxygen atoms in total. The molecule has 0 spiro atoms. The first kappa shape index (κ1) is 28.5. The molecule has 0 bridgehead atoms. The molecule has 2 aromatic carbocycles. The minimum atomic E-state index is -0.622. The predicted octanol–water partition coefficient (Wildman–Crippen LogP) is 5.57. The number of carbonyl (C=O) groups is 3. The lowest BCUT2D eigenvalue weighted by Crippen LogP contribution is -2.55. The van der Waals surface area contributed by atoms with Gasteiger partial charge in [-0.3, -0.25) is 9.59 Å². The fraction of sp³-hybridized carbons (Fsp3) is 0.345. The lowest BCUT2D eigenvalue weighted by molar-refractivity contribution is 0.0406. The van der Waals surface area contributed by atoms with Gasteiger partial charge < -0.3 is 14.5 Å². The Bertz CT molecular complexity index is 1380. The van der Waals surface area contributed by atoms with Gasteiger partial charge in [-0.25, -0.2) is 14.8 Å². The summed E-state index contributed by atoms with van der Waals surface area (Å²) in [6.07, 6.45) is 1.20. The molecular weight excluding hydrogens is 539 g/mol. The van der Waals surface area contributed by atoms with Gasteiger partial charge in [0.25, 0.3) is 11.8 Å². The van der Waals surface area contributed by atoms with E-state index in [0.717, 1.165) is 12.0 Å². The maximum atomic E-state index is 13.9. The molecule has 0 N–H and O–H groups in total. The van der Waals surface area contributed by atoms with Crippen molar-refractivity contribution in [3.8, 4) is 11.4 Å². The molecule has 0 saturated carbocycles. The van der Waals surface area contributed by atoms with Crippen molar-refractivity contribution in [2.24, 2.45) is 0 Å². The zero-order valence-electron chi connectivity index (χ0n) is 22.1. The van der Waals surface area contributed by atoms with Gasteiger partial charge in [-0.1, -0.05) is 66.9 Å². The van der Waals surface area contributed by atoms with Gasteiger partial charge in [-0.05, 0) is 38.5 Å². The second-order valence-electron chi connectivity index (χ2n) is 9.28. The minimum Gasteiger partial charge on any atom is -0.462 e. The van der Waals surface area contributed by atoms with E-state index >= 15 is 0 Å². The molecule has 1 fully saturated rings. The Morgan fingerprint density at radius 1 is 1.00 bits per heavy atom. The van der Waals surface area contributed by atoms with E-state index in [2.05, 4.69) is 9.97 Å². The number of aromatic nitrogens is 2. The van der Waals surface area contributed by atoms with Crippen LogP contribution in [-0.2, 0) is 11.2 Å². The minimum absolute atomic E-state index is 0.0125. The van der Waals surface area contributed by atoms with Gasteiger partial charge in [-0.2, -0.15) is 0 Å². The third kappa shape index (κ3) is 6.23. The first-order valence-corrected chi connectivity index (χ1v) is 13.7. The van der Waals surface area contributed by atoms with Crippen molar-refractivity contribution in [3.63, 3.8) is 0 Å². The number of rotatable bonds is 7. The number of hydrogen-bond donors (Lipinski definition) is 0. The van der Waals surface area contributed by atoms with Crippen LogP contribution >= 0.6 is 23.2 Å². The number of esters is 1. The quantitative estimate of drug-likeness (QED) is 0.346. The van der Waals surface area contributed by atoms with E-state index in [1.165, 1.54) is 6.07 Å². The number of ether oxygens (including phenoxy) is 1. The molecule has 10 heteroatoms. The Morgan fingerprint density at radius 2 is 1.74 bits per heavy atom. The highest BCUT2D eigenvalue weighted by Gasteiger charge is 2.35. The Labute approximate surface area is 237 Å². The van der Waals surface area contributed by atoms with Crippen LogP contribution in [0.2, 0.25) is 10.0 Å². The normalized spacial score (nSPS) is 15.3. The smallest absolute Gasteiger partial charge is 0.342 e. The van der Waals surface area contributed by atoms with Gasteiger partial charge in [0, 0.05) is 36.3 Å². The summed E-state index contributed by atoms with van der Waals surface area (Å²) in [6.45, 7) is 6.52. The fourth-order valence-corrected chi connectivity index (χ4v) is 5.11. The first-order chi connectivity index (χ1) is 18.7. The standard InChI is InChI=1S/C29H30Cl2N4O4/c1-4-9-23-24(29(38)39-5-2)25(33-26(32-23)19-10-7-6-8-11-19)28(37)34-14-15-35(18(3)17-34)27(36)21-13-12-20(30)16-22(21)31/h6-8,10-13,16,18H,4-5,9,14-15,17H2,1-3H3. The van der Waals surface area contributed by atoms with Crippen LogP contribution in [0.3, 0.4) is 0 Å². The fourth-order valence-electron chi connectivity index (χ4n) is 4.62. The van der Waals surface area contributed by atoms with Gasteiger partial charge in [-0.15, -0.1) is 0 Å². The zero-order chi connectivity index (χ0) is 28.1. The van der Waals surface area contributed by atoms with Crippen LogP contribution in [0.4, 0.5) is 0 Å². The number of halogens is 2.